The molecule has 0 aliphatic rings. The summed E-state index contributed by atoms with van der Waals surface area (Å²) in [6, 6.07) is 2.92. The van der Waals surface area contributed by atoms with Crippen LogP contribution in [0.5, 0.6) is 0 Å². The van der Waals surface area contributed by atoms with E-state index in [4.69, 9.17) is 5.73 Å². The van der Waals surface area contributed by atoms with E-state index in [-0.39, 0.29) is 24.3 Å². The fourth-order valence-corrected chi connectivity index (χ4v) is 1.71. The first-order valence-corrected chi connectivity index (χ1v) is 5.05. The van der Waals surface area contributed by atoms with Gasteiger partial charge in [-0.1, -0.05) is 6.07 Å². The van der Waals surface area contributed by atoms with E-state index >= 15 is 0 Å². The van der Waals surface area contributed by atoms with Crippen LogP contribution in [0.25, 0.3) is 0 Å². The molecule has 0 fully saturated rings. The summed E-state index contributed by atoms with van der Waals surface area (Å²) in [4.78, 5) is 11.5. The Morgan fingerprint density at radius 1 is 1.57 bits per heavy atom. The normalized spacial score (nSPS) is 10.3. The maximum Gasteiger partial charge on any atom is 0.168 e. The SMILES string of the molecule is Cc1ccc(F)c(C(=O)CCN)c1Br. The van der Waals surface area contributed by atoms with Crippen LogP contribution in [0.4, 0.5) is 4.39 Å². The first-order chi connectivity index (χ1) is 6.57. The highest BCUT2D eigenvalue weighted by Crippen LogP contribution is 2.24. The zero-order valence-electron chi connectivity index (χ0n) is 7.81. The lowest BCUT2D eigenvalue weighted by Crippen LogP contribution is -2.11. The lowest BCUT2D eigenvalue weighted by Gasteiger charge is -2.06. The summed E-state index contributed by atoms with van der Waals surface area (Å²) in [5.41, 5.74) is 6.19. The Morgan fingerprint density at radius 2 is 2.21 bits per heavy atom. The van der Waals surface area contributed by atoms with Gasteiger partial charge in [-0.2, -0.15) is 0 Å². The average Bonchev–Trinajstić information content (AvgIpc) is 2.13. The fourth-order valence-electron chi connectivity index (χ4n) is 1.17. The molecule has 1 aromatic carbocycles. The molecule has 0 atom stereocenters. The van der Waals surface area contributed by atoms with Gasteiger partial charge in [-0.05, 0) is 41.0 Å². The minimum absolute atomic E-state index is 0.107. The van der Waals surface area contributed by atoms with Crippen molar-refractivity contribution >= 4 is 21.7 Å². The minimum atomic E-state index is -0.499. The van der Waals surface area contributed by atoms with E-state index in [1.54, 1.807) is 6.07 Å². The first-order valence-electron chi connectivity index (χ1n) is 4.25. The molecule has 1 aromatic rings. The van der Waals surface area contributed by atoms with Crippen LogP contribution in [-0.2, 0) is 0 Å². The smallest absolute Gasteiger partial charge is 0.168 e. The van der Waals surface area contributed by atoms with Crippen LogP contribution in [0.1, 0.15) is 22.3 Å². The van der Waals surface area contributed by atoms with Crippen LogP contribution in [-0.4, -0.2) is 12.3 Å². The molecular formula is C10H11BrFNO. The highest BCUT2D eigenvalue weighted by Gasteiger charge is 2.15. The molecule has 0 radical (unpaired) electrons. The molecule has 0 saturated carbocycles. The van der Waals surface area contributed by atoms with Crippen molar-refractivity contribution in [2.45, 2.75) is 13.3 Å². The van der Waals surface area contributed by atoms with E-state index in [0.29, 0.717) is 4.47 Å². The third-order valence-corrected chi connectivity index (χ3v) is 2.96. The van der Waals surface area contributed by atoms with Crippen molar-refractivity contribution in [3.63, 3.8) is 0 Å². The summed E-state index contributed by atoms with van der Waals surface area (Å²) in [7, 11) is 0. The van der Waals surface area contributed by atoms with Gasteiger partial charge in [0.2, 0.25) is 0 Å². The number of rotatable bonds is 3. The van der Waals surface area contributed by atoms with Crippen molar-refractivity contribution in [2.75, 3.05) is 6.54 Å². The first kappa shape index (κ1) is 11.3. The molecule has 4 heteroatoms. The van der Waals surface area contributed by atoms with Gasteiger partial charge in [0.25, 0.3) is 0 Å². The van der Waals surface area contributed by atoms with Crippen molar-refractivity contribution in [1.82, 2.24) is 0 Å². The standard InChI is InChI=1S/C10H11BrFNO/c1-6-2-3-7(12)9(10(6)11)8(14)4-5-13/h2-3H,4-5,13H2,1H3. The van der Waals surface area contributed by atoms with E-state index in [2.05, 4.69) is 15.9 Å². The van der Waals surface area contributed by atoms with Crippen molar-refractivity contribution in [2.24, 2.45) is 5.73 Å². The monoisotopic (exact) mass is 259 g/mol. The van der Waals surface area contributed by atoms with E-state index in [9.17, 15) is 9.18 Å². The Hall–Kier alpha value is -0.740. The zero-order chi connectivity index (χ0) is 10.7. The zero-order valence-corrected chi connectivity index (χ0v) is 9.40. The Labute approximate surface area is 90.4 Å². The predicted molar refractivity (Wildman–Crippen MR) is 56.8 cm³/mol. The van der Waals surface area contributed by atoms with Crippen LogP contribution < -0.4 is 5.73 Å². The van der Waals surface area contributed by atoms with Gasteiger partial charge in [0, 0.05) is 10.9 Å². The maximum atomic E-state index is 13.3. The molecule has 0 aliphatic heterocycles. The number of aryl methyl sites for hydroxylation is 1. The third-order valence-electron chi connectivity index (χ3n) is 1.93. The minimum Gasteiger partial charge on any atom is -0.330 e. The molecule has 0 bridgehead atoms. The van der Waals surface area contributed by atoms with Crippen molar-refractivity contribution in [3.8, 4) is 0 Å². The molecule has 0 amide bonds. The summed E-state index contributed by atoms with van der Waals surface area (Å²) in [5, 5.41) is 0. The molecule has 0 spiro atoms. The largest absolute Gasteiger partial charge is 0.330 e. The number of halogens is 2. The second-order valence-corrected chi connectivity index (χ2v) is 3.81. The van der Waals surface area contributed by atoms with Gasteiger partial charge in [-0.3, -0.25) is 4.79 Å². The topological polar surface area (TPSA) is 43.1 Å². The molecule has 2 N–H and O–H groups in total. The van der Waals surface area contributed by atoms with E-state index < -0.39 is 5.82 Å². The van der Waals surface area contributed by atoms with Gasteiger partial charge >= 0.3 is 0 Å². The molecule has 76 valence electrons. The van der Waals surface area contributed by atoms with Crippen LogP contribution in [0, 0.1) is 12.7 Å². The van der Waals surface area contributed by atoms with Crippen molar-refractivity contribution < 1.29 is 9.18 Å². The predicted octanol–water partition coefficient (Wildman–Crippen LogP) is 2.43. The molecule has 0 heterocycles. The number of ketones is 1. The van der Waals surface area contributed by atoms with Gasteiger partial charge in [-0.25, -0.2) is 4.39 Å². The number of Topliss-reactive ketones (excluding diaryl/α,β-unsaturated/α-hetero) is 1. The quantitative estimate of drug-likeness (QED) is 0.848. The molecule has 0 aliphatic carbocycles. The Kier molecular flexibility index (Phi) is 3.77. The maximum absolute atomic E-state index is 13.3. The number of carbonyl (C=O) groups excluding carboxylic acids is 1. The number of nitrogens with two attached hydrogens (primary N) is 1. The Morgan fingerprint density at radius 3 is 2.79 bits per heavy atom. The van der Waals surface area contributed by atoms with Gasteiger partial charge < -0.3 is 5.73 Å². The van der Waals surface area contributed by atoms with E-state index in [1.165, 1.54) is 6.07 Å². The fraction of sp³-hybridized carbons (Fsp3) is 0.300. The Bertz CT molecular complexity index is 365. The second kappa shape index (κ2) is 4.66. The van der Waals surface area contributed by atoms with E-state index in [0.717, 1.165) is 5.56 Å². The molecule has 0 aromatic heterocycles. The lowest BCUT2D eigenvalue weighted by molar-refractivity contribution is 0.0980. The molecule has 2 nitrogen and oxygen atoms in total. The van der Waals surface area contributed by atoms with Crippen LogP contribution in [0.2, 0.25) is 0 Å². The second-order valence-electron chi connectivity index (χ2n) is 3.02. The molecular weight excluding hydrogens is 249 g/mol. The summed E-state index contributed by atoms with van der Waals surface area (Å²) >= 11 is 3.20. The van der Waals surface area contributed by atoms with Crippen molar-refractivity contribution in [3.05, 3.63) is 33.5 Å². The van der Waals surface area contributed by atoms with Crippen LogP contribution in [0.15, 0.2) is 16.6 Å². The third kappa shape index (κ3) is 2.19. The van der Waals surface area contributed by atoms with Gasteiger partial charge in [0.15, 0.2) is 5.78 Å². The lowest BCUT2D eigenvalue weighted by atomic mass is 10.1. The van der Waals surface area contributed by atoms with Gasteiger partial charge in [0.1, 0.15) is 5.82 Å². The molecule has 0 saturated heterocycles. The number of carbonyl (C=O) groups is 1. The highest BCUT2D eigenvalue weighted by molar-refractivity contribution is 9.10. The summed E-state index contributed by atoms with van der Waals surface area (Å²) in [6.07, 6.45) is 0.166. The summed E-state index contributed by atoms with van der Waals surface area (Å²) in [6.45, 7) is 2.04. The van der Waals surface area contributed by atoms with Crippen LogP contribution in [0.3, 0.4) is 0 Å². The molecule has 0 unspecified atom stereocenters. The van der Waals surface area contributed by atoms with Crippen molar-refractivity contribution in [1.29, 1.82) is 0 Å². The van der Waals surface area contributed by atoms with Gasteiger partial charge in [-0.15, -0.1) is 0 Å². The highest BCUT2D eigenvalue weighted by atomic mass is 79.9. The average molecular weight is 260 g/mol. The summed E-state index contributed by atoms with van der Waals surface area (Å²) in [5.74, 6) is -0.762. The molecule has 14 heavy (non-hydrogen) atoms. The number of hydrogen-bond acceptors (Lipinski definition) is 2. The Balaban J connectivity index is 3.18. The van der Waals surface area contributed by atoms with Gasteiger partial charge in [0.05, 0.1) is 5.56 Å². The van der Waals surface area contributed by atoms with Crippen LogP contribution >= 0.6 is 15.9 Å². The van der Waals surface area contributed by atoms with E-state index in [1.807, 2.05) is 6.92 Å². The number of benzene rings is 1. The number of hydrogen-bond donors (Lipinski definition) is 1. The summed E-state index contributed by atoms with van der Waals surface area (Å²) < 4.78 is 13.8. The molecule has 1 rings (SSSR count).